The standard InChI is InChI=1S/C16H25N3OS/c1-11-10-19(6-7-21-11)15(20)12-8-13(16(2,3)4)18-14(9-12)17-5/h8-9,11H,6-7,10H2,1-5H3,(H,17,18). The van der Waals surface area contributed by atoms with Gasteiger partial charge >= 0.3 is 0 Å². The number of carbonyl (C=O) groups is 1. The van der Waals surface area contributed by atoms with Gasteiger partial charge in [0.2, 0.25) is 0 Å². The van der Waals surface area contributed by atoms with E-state index in [9.17, 15) is 4.79 Å². The number of nitrogens with one attached hydrogen (secondary N) is 1. The van der Waals surface area contributed by atoms with E-state index in [1.807, 2.05) is 35.8 Å². The maximum atomic E-state index is 12.8. The van der Waals surface area contributed by atoms with E-state index in [0.717, 1.165) is 35.9 Å². The van der Waals surface area contributed by atoms with E-state index >= 15 is 0 Å². The molecule has 1 fully saturated rings. The smallest absolute Gasteiger partial charge is 0.254 e. The number of anilines is 1. The molecular formula is C16H25N3OS. The second kappa shape index (κ2) is 6.26. The molecular weight excluding hydrogens is 282 g/mol. The van der Waals surface area contributed by atoms with Gasteiger partial charge in [0, 0.05) is 47.8 Å². The van der Waals surface area contributed by atoms with Gasteiger partial charge in [-0.1, -0.05) is 27.7 Å². The van der Waals surface area contributed by atoms with Crippen LogP contribution >= 0.6 is 11.8 Å². The van der Waals surface area contributed by atoms with Crippen LogP contribution < -0.4 is 5.32 Å². The van der Waals surface area contributed by atoms with Gasteiger partial charge in [-0.15, -0.1) is 0 Å². The third-order valence-electron chi connectivity index (χ3n) is 3.63. The van der Waals surface area contributed by atoms with Crippen LogP contribution in [0.25, 0.3) is 0 Å². The van der Waals surface area contributed by atoms with Gasteiger partial charge in [-0.3, -0.25) is 4.79 Å². The van der Waals surface area contributed by atoms with Crippen molar-refractivity contribution in [3.63, 3.8) is 0 Å². The van der Waals surface area contributed by atoms with Gasteiger partial charge in [0.05, 0.1) is 0 Å². The summed E-state index contributed by atoms with van der Waals surface area (Å²) >= 11 is 1.93. The normalized spacial score (nSPS) is 19.5. The molecule has 1 aliphatic rings. The molecule has 2 rings (SSSR count). The summed E-state index contributed by atoms with van der Waals surface area (Å²) in [5.74, 6) is 1.89. The predicted molar refractivity (Wildman–Crippen MR) is 90.3 cm³/mol. The Morgan fingerprint density at radius 1 is 1.43 bits per heavy atom. The molecule has 0 aromatic carbocycles. The molecule has 1 atom stereocenters. The lowest BCUT2D eigenvalue weighted by atomic mass is 9.90. The Labute approximate surface area is 131 Å². The van der Waals surface area contributed by atoms with E-state index in [-0.39, 0.29) is 11.3 Å². The topological polar surface area (TPSA) is 45.2 Å². The van der Waals surface area contributed by atoms with Crippen molar-refractivity contribution in [1.82, 2.24) is 9.88 Å². The highest BCUT2D eigenvalue weighted by molar-refractivity contribution is 7.99. The molecule has 0 bridgehead atoms. The van der Waals surface area contributed by atoms with Gasteiger partial charge in [0.15, 0.2) is 0 Å². The van der Waals surface area contributed by atoms with Gasteiger partial charge in [-0.05, 0) is 12.1 Å². The van der Waals surface area contributed by atoms with Crippen LogP contribution in [0.1, 0.15) is 43.7 Å². The van der Waals surface area contributed by atoms with Gasteiger partial charge < -0.3 is 10.2 Å². The summed E-state index contributed by atoms with van der Waals surface area (Å²) in [6, 6.07) is 3.79. The number of amides is 1. The fourth-order valence-electron chi connectivity index (χ4n) is 2.35. The lowest BCUT2D eigenvalue weighted by molar-refractivity contribution is 0.0763. The van der Waals surface area contributed by atoms with Crippen molar-refractivity contribution in [3.8, 4) is 0 Å². The Kier molecular flexibility index (Phi) is 4.81. The zero-order valence-electron chi connectivity index (χ0n) is 13.6. The molecule has 0 spiro atoms. The second-order valence-corrected chi connectivity index (χ2v) is 8.11. The zero-order chi connectivity index (χ0) is 15.6. The molecule has 1 unspecified atom stereocenters. The number of rotatable bonds is 2. The zero-order valence-corrected chi connectivity index (χ0v) is 14.4. The van der Waals surface area contributed by atoms with E-state index in [1.165, 1.54) is 0 Å². The van der Waals surface area contributed by atoms with E-state index < -0.39 is 0 Å². The largest absolute Gasteiger partial charge is 0.373 e. The van der Waals surface area contributed by atoms with E-state index in [1.54, 1.807) is 0 Å². The second-order valence-electron chi connectivity index (χ2n) is 6.56. The Morgan fingerprint density at radius 2 is 2.14 bits per heavy atom. The number of nitrogens with zero attached hydrogens (tertiary/aromatic N) is 2. The van der Waals surface area contributed by atoms with Crippen molar-refractivity contribution in [3.05, 3.63) is 23.4 Å². The Bertz CT molecular complexity index is 525. The van der Waals surface area contributed by atoms with E-state index in [4.69, 9.17) is 0 Å². The van der Waals surface area contributed by atoms with Crippen LogP contribution in [0.5, 0.6) is 0 Å². The molecule has 2 heterocycles. The van der Waals surface area contributed by atoms with Gasteiger partial charge in [0.1, 0.15) is 5.82 Å². The average Bonchev–Trinajstić information content (AvgIpc) is 2.45. The fraction of sp³-hybridized carbons (Fsp3) is 0.625. The maximum Gasteiger partial charge on any atom is 0.254 e. The molecule has 1 N–H and O–H groups in total. The molecule has 1 amide bonds. The molecule has 0 aliphatic carbocycles. The molecule has 116 valence electrons. The first kappa shape index (κ1) is 16.1. The number of aromatic nitrogens is 1. The molecule has 0 saturated carbocycles. The number of hydrogen-bond donors (Lipinski definition) is 1. The Balaban J connectivity index is 2.31. The Hall–Kier alpha value is -1.23. The summed E-state index contributed by atoms with van der Waals surface area (Å²) in [6.45, 7) is 10.2. The molecule has 1 aromatic rings. The summed E-state index contributed by atoms with van der Waals surface area (Å²) in [5.41, 5.74) is 1.60. The minimum absolute atomic E-state index is 0.0765. The highest BCUT2D eigenvalue weighted by atomic mass is 32.2. The highest BCUT2D eigenvalue weighted by Crippen LogP contribution is 2.25. The van der Waals surface area contributed by atoms with Crippen LogP contribution in [0.3, 0.4) is 0 Å². The van der Waals surface area contributed by atoms with E-state index in [2.05, 4.69) is 38.0 Å². The van der Waals surface area contributed by atoms with Gasteiger partial charge in [-0.2, -0.15) is 11.8 Å². The fourth-order valence-corrected chi connectivity index (χ4v) is 3.37. The van der Waals surface area contributed by atoms with Crippen molar-refractivity contribution in [2.45, 2.75) is 38.4 Å². The first-order chi connectivity index (χ1) is 9.81. The van der Waals surface area contributed by atoms with Crippen molar-refractivity contribution < 1.29 is 4.79 Å². The number of pyridine rings is 1. The first-order valence-corrected chi connectivity index (χ1v) is 8.47. The average molecular weight is 307 g/mol. The minimum Gasteiger partial charge on any atom is -0.373 e. The molecule has 0 radical (unpaired) electrons. The first-order valence-electron chi connectivity index (χ1n) is 7.42. The Morgan fingerprint density at radius 3 is 2.71 bits per heavy atom. The molecule has 1 saturated heterocycles. The summed E-state index contributed by atoms with van der Waals surface area (Å²) in [4.78, 5) is 19.3. The van der Waals surface area contributed by atoms with Crippen molar-refractivity contribution in [2.75, 3.05) is 31.2 Å². The van der Waals surface area contributed by atoms with Gasteiger partial charge in [-0.25, -0.2) is 4.98 Å². The summed E-state index contributed by atoms with van der Waals surface area (Å²) in [6.07, 6.45) is 0. The van der Waals surface area contributed by atoms with Crippen LogP contribution in [-0.2, 0) is 5.41 Å². The van der Waals surface area contributed by atoms with Crippen LogP contribution in [0, 0.1) is 0 Å². The molecule has 1 aromatic heterocycles. The van der Waals surface area contributed by atoms with Crippen LogP contribution in [0.15, 0.2) is 12.1 Å². The predicted octanol–water partition coefficient (Wildman–Crippen LogP) is 3.00. The maximum absolute atomic E-state index is 12.8. The summed E-state index contributed by atoms with van der Waals surface area (Å²) in [7, 11) is 1.84. The summed E-state index contributed by atoms with van der Waals surface area (Å²) in [5, 5.41) is 3.57. The summed E-state index contributed by atoms with van der Waals surface area (Å²) < 4.78 is 0. The van der Waals surface area contributed by atoms with Crippen molar-refractivity contribution in [2.24, 2.45) is 0 Å². The third kappa shape index (κ3) is 3.90. The lowest BCUT2D eigenvalue weighted by Gasteiger charge is -2.31. The molecule has 4 nitrogen and oxygen atoms in total. The molecule has 5 heteroatoms. The van der Waals surface area contributed by atoms with Crippen molar-refractivity contribution >= 4 is 23.5 Å². The third-order valence-corrected chi connectivity index (χ3v) is 4.76. The SMILES string of the molecule is CNc1cc(C(=O)N2CCSC(C)C2)cc(C(C)(C)C)n1. The lowest BCUT2D eigenvalue weighted by Crippen LogP contribution is -2.41. The van der Waals surface area contributed by atoms with E-state index in [0.29, 0.717) is 5.25 Å². The van der Waals surface area contributed by atoms with Crippen molar-refractivity contribution in [1.29, 1.82) is 0 Å². The molecule has 1 aliphatic heterocycles. The number of carbonyl (C=O) groups excluding carboxylic acids is 1. The minimum atomic E-state index is -0.0765. The van der Waals surface area contributed by atoms with Crippen LogP contribution in [0.4, 0.5) is 5.82 Å². The van der Waals surface area contributed by atoms with Crippen LogP contribution in [0.2, 0.25) is 0 Å². The quantitative estimate of drug-likeness (QED) is 0.912. The monoisotopic (exact) mass is 307 g/mol. The number of hydrogen-bond acceptors (Lipinski definition) is 4. The molecule has 21 heavy (non-hydrogen) atoms. The number of thioether (sulfide) groups is 1. The highest BCUT2D eigenvalue weighted by Gasteiger charge is 2.25. The van der Waals surface area contributed by atoms with Gasteiger partial charge in [0.25, 0.3) is 5.91 Å². The van der Waals surface area contributed by atoms with Crippen LogP contribution in [-0.4, -0.2) is 46.9 Å².